The molecule has 204 valence electrons. The van der Waals surface area contributed by atoms with Gasteiger partial charge in [-0.05, 0) is 30.0 Å². The molecule has 1 aromatic heterocycles. The van der Waals surface area contributed by atoms with E-state index in [1.807, 2.05) is 31.2 Å². The molecule has 0 fully saturated rings. The van der Waals surface area contributed by atoms with Gasteiger partial charge >= 0.3 is 18.1 Å². The Bertz CT molecular complexity index is 1390. The Hall–Kier alpha value is -4.04. The molecule has 0 spiro atoms. The Morgan fingerprint density at radius 3 is 2.29 bits per heavy atom. The highest BCUT2D eigenvalue weighted by atomic mass is 32.2. The molecule has 0 aliphatic heterocycles. The first-order valence-electron chi connectivity index (χ1n) is 10.8. The van der Waals surface area contributed by atoms with Gasteiger partial charge in [-0.3, -0.25) is 9.78 Å². The maximum absolute atomic E-state index is 12.8. The highest BCUT2D eigenvalue weighted by Crippen LogP contribution is 2.26. The second-order valence-corrected chi connectivity index (χ2v) is 9.55. The van der Waals surface area contributed by atoms with Gasteiger partial charge in [-0.1, -0.05) is 36.4 Å². The van der Waals surface area contributed by atoms with Gasteiger partial charge in [0.25, 0.3) is 0 Å². The Labute approximate surface area is 215 Å². The normalized spacial score (nSPS) is 13.1. The molecule has 0 amide bonds. The lowest BCUT2D eigenvalue weighted by Crippen LogP contribution is -2.37. The van der Waals surface area contributed by atoms with E-state index in [1.165, 1.54) is 18.2 Å². The number of nitrogens with zero attached hydrogens (tertiary/aromatic N) is 1. The quantitative estimate of drug-likeness (QED) is 0.319. The first-order valence-corrected chi connectivity index (χ1v) is 12.3. The van der Waals surface area contributed by atoms with Gasteiger partial charge in [-0.2, -0.15) is 13.2 Å². The number of sulfonamides is 1. The van der Waals surface area contributed by atoms with Crippen LogP contribution in [-0.2, 0) is 30.8 Å². The Morgan fingerprint density at radius 1 is 1.08 bits per heavy atom. The molecule has 14 heteroatoms. The van der Waals surface area contributed by atoms with Crippen LogP contribution in [0.4, 0.5) is 13.2 Å². The van der Waals surface area contributed by atoms with E-state index in [0.717, 1.165) is 16.3 Å². The average molecular weight is 557 g/mol. The number of fused-ring (bicyclic) bond motifs is 1. The standard InChI is InChI=1S/C22H22N2O6S.C2HF3O2/c1-15(10-17-13-23-12-16-6-2-3-7-19(16)17)30-20-8-4-5-9-21(20)31(28,29)24-18(14-25)11-22(26)27;3-2(4,5)1(6)7/h2-9,12-15,18,24H,10-11H2,1H3,(H,26,27);(H,6,7). The monoisotopic (exact) mass is 556 g/mol. The summed E-state index contributed by atoms with van der Waals surface area (Å²) in [5.41, 5.74) is 0.964. The number of rotatable bonds is 10. The minimum Gasteiger partial charge on any atom is -0.489 e. The fraction of sp³-hybridized carbons (Fsp3) is 0.250. The van der Waals surface area contributed by atoms with E-state index >= 15 is 0 Å². The number of hydrogen-bond donors (Lipinski definition) is 3. The molecular weight excluding hydrogens is 533 g/mol. The van der Waals surface area contributed by atoms with Crippen LogP contribution in [0.2, 0.25) is 0 Å². The predicted octanol–water partition coefficient (Wildman–Crippen LogP) is 3.20. The molecule has 38 heavy (non-hydrogen) atoms. The molecule has 0 aliphatic rings. The van der Waals surface area contributed by atoms with E-state index in [-0.39, 0.29) is 23.0 Å². The number of carboxylic acids is 2. The van der Waals surface area contributed by atoms with Crippen LogP contribution in [0.15, 0.2) is 65.8 Å². The van der Waals surface area contributed by atoms with Gasteiger partial charge < -0.3 is 19.7 Å². The van der Waals surface area contributed by atoms with Gasteiger partial charge in [-0.25, -0.2) is 17.9 Å². The van der Waals surface area contributed by atoms with Crippen molar-refractivity contribution in [1.82, 2.24) is 9.71 Å². The summed E-state index contributed by atoms with van der Waals surface area (Å²) in [6, 6.07) is 12.4. The van der Waals surface area contributed by atoms with E-state index in [4.69, 9.17) is 19.7 Å². The largest absolute Gasteiger partial charge is 0.490 e. The lowest BCUT2D eigenvalue weighted by molar-refractivity contribution is -0.192. The number of carboxylic acid groups (broad SMARTS) is 2. The van der Waals surface area contributed by atoms with Crippen molar-refractivity contribution < 1.29 is 50.9 Å². The summed E-state index contributed by atoms with van der Waals surface area (Å²) in [5, 5.41) is 18.0. The lowest BCUT2D eigenvalue weighted by atomic mass is 10.0. The molecule has 2 atom stereocenters. The molecule has 3 rings (SSSR count). The number of nitrogens with one attached hydrogen (secondary N) is 1. The van der Waals surface area contributed by atoms with Crippen molar-refractivity contribution in [3.8, 4) is 5.75 Å². The Morgan fingerprint density at radius 2 is 1.68 bits per heavy atom. The molecular formula is C24H23F3N2O8S. The maximum atomic E-state index is 12.8. The van der Waals surface area contributed by atoms with Crippen LogP contribution >= 0.6 is 0 Å². The molecule has 0 saturated carbocycles. The third-order valence-corrected chi connectivity index (χ3v) is 6.36. The van der Waals surface area contributed by atoms with Gasteiger partial charge in [0.2, 0.25) is 10.0 Å². The summed E-state index contributed by atoms with van der Waals surface area (Å²) in [7, 11) is -4.18. The molecule has 2 aromatic carbocycles. The van der Waals surface area contributed by atoms with Gasteiger partial charge in [-0.15, -0.1) is 0 Å². The average Bonchev–Trinajstić information content (AvgIpc) is 2.83. The summed E-state index contributed by atoms with van der Waals surface area (Å²) in [6.45, 7) is 1.82. The van der Waals surface area contributed by atoms with Crippen LogP contribution in [0.3, 0.4) is 0 Å². The smallest absolute Gasteiger partial charge is 0.489 e. The van der Waals surface area contributed by atoms with Crippen molar-refractivity contribution in [3.05, 3.63) is 66.5 Å². The molecule has 0 saturated heterocycles. The SMILES string of the molecule is CC(Cc1cncc2ccccc12)Oc1ccccc1S(=O)(=O)NC(C=O)CC(=O)O.O=C(O)C(F)(F)F. The number of ether oxygens (including phenoxy) is 1. The number of hydrogen-bond acceptors (Lipinski definition) is 7. The second kappa shape index (κ2) is 13.0. The number of aromatic nitrogens is 1. The highest BCUT2D eigenvalue weighted by Gasteiger charge is 2.38. The number of benzene rings is 2. The van der Waals surface area contributed by atoms with Gasteiger partial charge in [0, 0.05) is 24.2 Å². The van der Waals surface area contributed by atoms with Crippen molar-refractivity contribution in [3.63, 3.8) is 0 Å². The number of pyridine rings is 1. The van der Waals surface area contributed by atoms with E-state index in [0.29, 0.717) is 6.42 Å². The number of carbonyl (C=O) groups is 3. The molecule has 2 unspecified atom stereocenters. The van der Waals surface area contributed by atoms with E-state index in [9.17, 15) is 31.2 Å². The van der Waals surface area contributed by atoms with E-state index < -0.39 is 40.6 Å². The molecule has 0 bridgehead atoms. The van der Waals surface area contributed by atoms with Crippen LogP contribution < -0.4 is 9.46 Å². The molecule has 10 nitrogen and oxygen atoms in total. The summed E-state index contributed by atoms with van der Waals surface area (Å²) in [5.74, 6) is -3.94. The first-order chi connectivity index (χ1) is 17.7. The van der Waals surface area contributed by atoms with Gasteiger partial charge in [0.15, 0.2) is 0 Å². The fourth-order valence-corrected chi connectivity index (χ4v) is 4.55. The minimum absolute atomic E-state index is 0.107. The van der Waals surface area contributed by atoms with Crippen LogP contribution in [0.25, 0.3) is 10.8 Å². The zero-order chi connectivity index (χ0) is 28.5. The first kappa shape index (κ1) is 30.2. The third kappa shape index (κ3) is 8.81. The summed E-state index contributed by atoms with van der Waals surface area (Å²) < 4.78 is 65.3. The molecule has 0 aliphatic carbocycles. The summed E-state index contributed by atoms with van der Waals surface area (Å²) in [6.07, 6.45) is -1.84. The van der Waals surface area contributed by atoms with Crippen molar-refractivity contribution in [2.24, 2.45) is 0 Å². The number of carbonyl (C=O) groups excluding carboxylic acids is 1. The number of alkyl halides is 3. The molecule has 0 radical (unpaired) electrons. The molecule has 1 heterocycles. The maximum Gasteiger partial charge on any atom is 0.490 e. The third-order valence-electron chi connectivity index (χ3n) is 4.83. The predicted molar refractivity (Wildman–Crippen MR) is 128 cm³/mol. The van der Waals surface area contributed by atoms with E-state index in [1.54, 1.807) is 18.5 Å². The zero-order valence-electron chi connectivity index (χ0n) is 19.8. The van der Waals surface area contributed by atoms with Crippen molar-refractivity contribution in [2.75, 3.05) is 0 Å². The van der Waals surface area contributed by atoms with Crippen LogP contribution in [0.1, 0.15) is 18.9 Å². The van der Waals surface area contributed by atoms with Crippen molar-refractivity contribution in [1.29, 1.82) is 0 Å². The Balaban J connectivity index is 0.000000638. The summed E-state index contributed by atoms with van der Waals surface area (Å²) >= 11 is 0. The second-order valence-electron chi connectivity index (χ2n) is 7.86. The van der Waals surface area contributed by atoms with Crippen molar-refractivity contribution in [2.45, 2.75) is 43.0 Å². The fourth-order valence-electron chi connectivity index (χ4n) is 3.25. The van der Waals surface area contributed by atoms with Crippen LogP contribution in [0, 0.1) is 0 Å². The number of para-hydroxylation sites is 1. The van der Waals surface area contributed by atoms with Gasteiger partial charge in [0.1, 0.15) is 23.0 Å². The number of aliphatic carboxylic acids is 2. The molecule has 3 N–H and O–H groups in total. The molecule has 3 aromatic rings. The lowest BCUT2D eigenvalue weighted by Gasteiger charge is -2.19. The summed E-state index contributed by atoms with van der Waals surface area (Å²) in [4.78, 5) is 34.9. The van der Waals surface area contributed by atoms with E-state index in [2.05, 4.69) is 9.71 Å². The Kier molecular flexibility index (Phi) is 10.3. The van der Waals surface area contributed by atoms with Crippen molar-refractivity contribution >= 4 is 39.0 Å². The topological polar surface area (TPSA) is 160 Å². The highest BCUT2D eigenvalue weighted by molar-refractivity contribution is 7.89. The number of halogens is 3. The van der Waals surface area contributed by atoms with Gasteiger partial charge in [0.05, 0.1) is 12.5 Å². The zero-order valence-corrected chi connectivity index (χ0v) is 20.6. The van der Waals surface area contributed by atoms with Crippen LogP contribution in [0.5, 0.6) is 5.75 Å². The van der Waals surface area contributed by atoms with Crippen LogP contribution in [-0.4, -0.2) is 60.2 Å². The number of aldehydes is 1. The minimum atomic E-state index is -5.08.